The number of nitrogens with zero attached hydrogens (tertiary/aromatic N) is 3. The van der Waals surface area contributed by atoms with E-state index >= 15 is 0 Å². The molecule has 4 amide bonds. The molecular weight excluding hydrogens is 680 g/mol. The third kappa shape index (κ3) is 8.37. The minimum Gasteiger partial charge on any atom is -0.497 e. The van der Waals surface area contributed by atoms with Gasteiger partial charge in [-0.2, -0.15) is 4.98 Å². The van der Waals surface area contributed by atoms with Gasteiger partial charge in [0.25, 0.3) is 5.91 Å². The molecule has 1 aromatic carbocycles. The fraction of sp³-hybridized carbons (Fsp3) is 0.600. The van der Waals surface area contributed by atoms with E-state index in [1.165, 1.54) is 18.1 Å². The summed E-state index contributed by atoms with van der Waals surface area (Å²) >= 11 is 0. The van der Waals surface area contributed by atoms with Crippen molar-refractivity contribution in [3.05, 3.63) is 36.7 Å². The lowest BCUT2D eigenvalue weighted by Crippen LogP contribution is -2.60. The number of fused-ring (bicyclic) bond motifs is 1. The van der Waals surface area contributed by atoms with Gasteiger partial charge in [0, 0.05) is 12.3 Å². The Labute approximate surface area is 298 Å². The van der Waals surface area contributed by atoms with E-state index in [-0.39, 0.29) is 25.3 Å². The van der Waals surface area contributed by atoms with Crippen molar-refractivity contribution in [3.63, 3.8) is 0 Å². The van der Waals surface area contributed by atoms with Crippen LogP contribution in [0.4, 0.5) is 4.79 Å². The molecule has 1 saturated heterocycles. The van der Waals surface area contributed by atoms with Crippen LogP contribution in [-0.2, 0) is 29.1 Å². The summed E-state index contributed by atoms with van der Waals surface area (Å²) in [6.45, 7) is 15.8. The van der Waals surface area contributed by atoms with E-state index in [0.29, 0.717) is 35.3 Å². The van der Waals surface area contributed by atoms with Crippen LogP contribution in [0.2, 0.25) is 0 Å². The standard InChI is InChI=1S/C35H48N6O9S/c1-10-20-17-35(20,31(44)40-51(46,47)23-12-13-23)39-28(42)26-16-22(49-29-24-15-21(48-9)11-14-25(24)36-19(2)37-29)18-41(26)30(43)27(33(3,4)5)38-32(45)50-34(6,7)8/h10-11,14-15,20,22-23,26-27H,1,12-13,16-18H2,2-9H3,(H,38,45)(H,39,42)(H,40,44)/t20-,22-,26?,27-,35-/m1/s1. The van der Waals surface area contributed by atoms with Crippen LogP contribution in [0, 0.1) is 18.3 Å². The number of carbonyl (C=O) groups is 4. The minimum atomic E-state index is -3.91. The van der Waals surface area contributed by atoms with Crippen molar-refractivity contribution in [2.75, 3.05) is 13.7 Å². The number of sulfonamides is 1. The number of rotatable bonds is 11. The van der Waals surface area contributed by atoms with Gasteiger partial charge in [-0.1, -0.05) is 26.8 Å². The highest BCUT2D eigenvalue weighted by atomic mass is 32.2. The molecule has 0 radical (unpaired) electrons. The summed E-state index contributed by atoms with van der Waals surface area (Å²) in [6.07, 6.45) is 0.954. The molecule has 2 aromatic rings. The van der Waals surface area contributed by atoms with Crippen LogP contribution in [0.15, 0.2) is 30.9 Å². The number of hydrogen-bond acceptors (Lipinski definition) is 11. The number of aromatic nitrogens is 2. The highest BCUT2D eigenvalue weighted by molar-refractivity contribution is 7.91. The van der Waals surface area contributed by atoms with Crippen LogP contribution in [0.25, 0.3) is 10.9 Å². The fourth-order valence-electron chi connectivity index (χ4n) is 6.20. The van der Waals surface area contributed by atoms with Gasteiger partial charge < -0.3 is 29.7 Å². The number of carbonyl (C=O) groups excluding carboxylic acids is 4. The number of amides is 4. The fourth-order valence-corrected chi connectivity index (χ4v) is 7.56. The summed E-state index contributed by atoms with van der Waals surface area (Å²) in [5.41, 5.74) is -2.62. The second-order valence-electron chi connectivity index (χ2n) is 15.6. The third-order valence-corrected chi connectivity index (χ3v) is 10.9. The highest BCUT2D eigenvalue weighted by Crippen LogP contribution is 2.45. The number of aryl methyl sites for hydroxylation is 1. The van der Waals surface area contributed by atoms with E-state index in [2.05, 4.69) is 31.9 Å². The molecule has 2 heterocycles. The smallest absolute Gasteiger partial charge is 0.408 e. The van der Waals surface area contributed by atoms with Crippen LogP contribution in [0.5, 0.6) is 11.6 Å². The summed E-state index contributed by atoms with van der Waals surface area (Å²) in [7, 11) is -2.37. The molecule has 2 saturated carbocycles. The van der Waals surface area contributed by atoms with Crippen LogP contribution in [0.3, 0.4) is 0 Å². The molecule has 2 aliphatic carbocycles. The Balaban J connectivity index is 1.47. The lowest BCUT2D eigenvalue weighted by molar-refractivity contribution is -0.143. The average molecular weight is 729 g/mol. The molecule has 0 bridgehead atoms. The van der Waals surface area contributed by atoms with Crippen molar-refractivity contribution in [1.29, 1.82) is 0 Å². The summed E-state index contributed by atoms with van der Waals surface area (Å²) < 4.78 is 44.7. The number of methoxy groups -OCH3 is 1. The molecule has 1 aliphatic heterocycles. The van der Waals surface area contributed by atoms with Gasteiger partial charge in [-0.3, -0.25) is 19.1 Å². The Kier molecular flexibility index (Phi) is 10.1. The van der Waals surface area contributed by atoms with E-state index in [4.69, 9.17) is 14.2 Å². The molecule has 5 atom stereocenters. The molecule has 1 aromatic heterocycles. The number of nitrogens with one attached hydrogen (secondary N) is 3. The van der Waals surface area contributed by atoms with Gasteiger partial charge in [-0.05, 0) is 70.6 Å². The van der Waals surface area contributed by atoms with Crippen LogP contribution in [-0.4, -0.2) is 95.3 Å². The molecule has 0 spiro atoms. The highest BCUT2D eigenvalue weighted by Gasteiger charge is 2.62. The van der Waals surface area contributed by atoms with Gasteiger partial charge in [-0.25, -0.2) is 18.2 Å². The number of ether oxygens (including phenoxy) is 3. The third-order valence-electron chi connectivity index (χ3n) is 9.13. The zero-order chi connectivity index (χ0) is 37.7. The minimum absolute atomic E-state index is 0.00772. The Morgan fingerprint density at radius 1 is 1.10 bits per heavy atom. The van der Waals surface area contributed by atoms with Crippen molar-refractivity contribution < 1.29 is 41.8 Å². The molecule has 16 heteroatoms. The molecule has 3 N–H and O–H groups in total. The van der Waals surface area contributed by atoms with Gasteiger partial charge in [0.1, 0.15) is 40.9 Å². The lowest BCUT2D eigenvalue weighted by atomic mass is 9.85. The van der Waals surface area contributed by atoms with E-state index in [1.54, 1.807) is 66.7 Å². The summed E-state index contributed by atoms with van der Waals surface area (Å²) in [5.74, 6) is -1.43. The first kappa shape index (κ1) is 37.8. The van der Waals surface area contributed by atoms with Gasteiger partial charge in [0.15, 0.2) is 0 Å². The van der Waals surface area contributed by atoms with Crippen molar-refractivity contribution >= 4 is 44.7 Å². The van der Waals surface area contributed by atoms with Gasteiger partial charge in [0.05, 0.1) is 29.8 Å². The molecule has 1 unspecified atom stereocenters. The molecule has 15 nitrogen and oxygen atoms in total. The molecule has 5 rings (SSSR count). The number of hydrogen-bond donors (Lipinski definition) is 3. The average Bonchev–Trinajstić information content (AvgIpc) is 3.95. The summed E-state index contributed by atoms with van der Waals surface area (Å²) in [5, 5.41) is 5.38. The molecular formula is C35H48N6O9S. The first-order valence-electron chi connectivity index (χ1n) is 17.0. The molecule has 3 fully saturated rings. The largest absolute Gasteiger partial charge is 0.497 e. The van der Waals surface area contributed by atoms with E-state index in [0.717, 1.165) is 0 Å². The summed E-state index contributed by atoms with van der Waals surface area (Å²) in [4.78, 5) is 65.4. The second kappa shape index (κ2) is 13.6. The second-order valence-corrected chi connectivity index (χ2v) is 17.5. The normalized spacial score (nSPS) is 23.9. The van der Waals surface area contributed by atoms with Gasteiger partial charge >= 0.3 is 6.09 Å². The van der Waals surface area contributed by atoms with Crippen LogP contribution in [0.1, 0.15) is 73.1 Å². The van der Waals surface area contributed by atoms with E-state index < -0.39 is 79.7 Å². The monoisotopic (exact) mass is 728 g/mol. The topological polar surface area (TPSA) is 195 Å². The Hall–Kier alpha value is -4.47. The lowest BCUT2D eigenvalue weighted by Gasteiger charge is -2.36. The number of likely N-dealkylation sites (tertiary alicyclic amines) is 1. The molecule has 278 valence electrons. The number of alkyl carbamates (subject to hydrolysis) is 1. The SMILES string of the molecule is C=C[C@@H]1C[C@]1(NC(=O)C1C[C@@H](Oc2nc(C)nc3ccc(OC)cc23)CN1C(=O)[C@@H](NC(=O)OC(C)(C)C)C(C)(C)C)C(=O)NS(=O)(=O)C1CC1. The Morgan fingerprint density at radius 2 is 1.78 bits per heavy atom. The van der Waals surface area contributed by atoms with Crippen LogP contribution < -0.4 is 24.8 Å². The van der Waals surface area contributed by atoms with E-state index in [9.17, 15) is 27.6 Å². The molecule has 51 heavy (non-hydrogen) atoms. The number of benzene rings is 1. The van der Waals surface area contributed by atoms with Crippen molar-refractivity contribution in [2.24, 2.45) is 11.3 Å². The van der Waals surface area contributed by atoms with Crippen molar-refractivity contribution in [3.8, 4) is 11.6 Å². The maximum atomic E-state index is 14.5. The van der Waals surface area contributed by atoms with Crippen molar-refractivity contribution in [1.82, 2.24) is 30.2 Å². The zero-order valence-electron chi connectivity index (χ0n) is 30.4. The van der Waals surface area contributed by atoms with Crippen LogP contribution >= 0.6 is 0 Å². The quantitative estimate of drug-likeness (QED) is 0.288. The predicted molar refractivity (Wildman–Crippen MR) is 187 cm³/mol. The first-order valence-corrected chi connectivity index (χ1v) is 18.5. The summed E-state index contributed by atoms with van der Waals surface area (Å²) in [6, 6.07) is 2.96. The van der Waals surface area contributed by atoms with E-state index in [1.807, 2.05) is 0 Å². The zero-order valence-corrected chi connectivity index (χ0v) is 31.2. The Bertz CT molecular complexity index is 1850. The van der Waals surface area contributed by atoms with Gasteiger partial charge in [-0.15, -0.1) is 6.58 Å². The first-order chi connectivity index (χ1) is 23.7. The molecule has 3 aliphatic rings. The maximum Gasteiger partial charge on any atom is 0.408 e. The predicted octanol–water partition coefficient (Wildman–Crippen LogP) is 2.90. The maximum absolute atomic E-state index is 14.5. The van der Waals surface area contributed by atoms with Crippen molar-refractivity contribution in [2.45, 2.75) is 109 Å². The van der Waals surface area contributed by atoms with Gasteiger partial charge in [0.2, 0.25) is 27.7 Å². The Morgan fingerprint density at radius 3 is 2.35 bits per heavy atom.